The van der Waals surface area contributed by atoms with E-state index in [-0.39, 0.29) is 17.2 Å². The molecule has 0 saturated heterocycles. The van der Waals surface area contributed by atoms with Crippen LogP contribution in [0.25, 0.3) is 5.57 Å². The first-order chi connectivity index (χ1) is 9.74. The lowest BCUT2D eigenvalue weighted by Crippen LogP contribution is -1.97. The number of anilines is 1. The molecule has 0 spiro atoms. The Bertz CT molecular complexity index is 651. The number of nitrogens with one attached hydrogen (secondary N) is 2. The van der Waals surface area contributed by atoms with E-state index in [0.717, 1.165) is 5.69 Å². The molecule has 100 valence electrons. The van der Waals surface area contributed by atoms with Crippen molar-refractivity contribution in [3.8, 4) is 6.07 Å². The summed E-state index contributed by atoms with van der Waals surface area (Å²) in [5.41, 5.74) is 1.68. The van der Waals surface area contributed by atoms with Crippen LogP contribution in [0.2, 0.25) is 0 Å². The molecule has 0 saturated carbocycles. The Labute approximate surface area is 115 Å². The van der Waals surface area contributed by atoms with Crippen LogP contribution >= 0.6 is 0 Å². The molecule has 0 aliphatic rings. The number of rotatable bonds is 5. The van der Waals surface area contributed by atoms with E-state index < -0.39 is 0 Å². The summed E-state index contributed by atoms with van der Waals surface area (Å²) in [4.78, 5) is 11.5. The molecule has 1 aromatic carbocycles. The minimum atomic E-state index is 0.0941. The molecule has 0 bridgehead atoms. The minimum Gasteiger partial charge on any atom is -0.360 e. The molecule has 0 atom stereocenters. The molecule has 0 unspecified atom stereocenters. The third-order valence-electron chi connectivity index (χ3n) is 2.62. The minimum absolute atomic E-state index is 0.0941. The number of allylic oxidation sites excluding steroid dienone is 1. The average Bonchev–Trinajstić information content (AvgIpc) is 3.02. The van der Waals surface area contributed by atoms with Gasteiger partial charge in [0.05, 0.1) is 0 Å². The Morgan fingerprint density at radius 2 is 2.20 bits per heavy atom. The van der Waals surface area contributed by atoms with Crippen molar-refractivity contribution in [2.24, 2.45) is 0 Å². The molecule has 2 aromatic rings. The van der Waals surface area contributed by atoms with Crippen molar-refractivity contribution >= 4 is 17.0 Å². The van der Waals surface area contributed by atoms with Gasteiger partial charge in [-0.25, -0.2) is 0 Å². The lowest BCUT2D eigenvalue weighted by Gasteiger charge is -2.02. The number of benzene rings is 1. The van der Waals surface area contributed by atoms with Crippen molar-refractivity contribution in [2.45, 2.75) is 13.3 Å². The maximum atomic E-state index is 11.5. The number of nitriles is 1. The van der Waals surface area contributed by atoms with Crippen LogP contribution in [0.5, 0.6) is 0 Å². The zero-order chi connectivity index (χ0) is 14.4. The fourth-order valence-corrected chi connectivity index (χ4v) is 1.53. The van der Waals surface area contributed by atoms with Crippen molar-refractivity contribution < 1.29 is 4.79 Å². The van der Waals surface area contributed by atoms with Crippen LogP contribution in [0.1, 0.15) is 29.5 Å². The highest BCUT2D eigenvalue weighted by Gasteiger charge is 2.05. The second kappa shape index (κ2) is 6.24. The largest absolute Gasteiger partial charge is 0.360 e. The number of H-pyrrole nitrogens is 1. The Morgan fingerprint density at radius 1 is 1.45 bits per heavy atom. The normalized spacial score (nSPS) is 10.9. The molecular formula is C13H12N6O. The summed E-state index contributed by atoms with van der Waals surface area (Å²) >= 11 is 0. The fourth-order valence-electron chi connectivity index (χ4n) is 1.53. The first kappa shape index (κ1) is 13.4. The molecule has 2 rings (SSSR count). The molecule has 7 heteroatoms. The smallest absolute Gasteiger partial charge is 0.216 e. The number of aromatic nitrogens is 4. The standard InChI is InChI=1S/C13H12N6O/c1-2-12(20)9-3-5-11(6-4-9)15-8-10(7-14)13-16-18-19-17-13/h3-6,8,15H,2H2,1H3,(H,16,17,18,19). The van der Waals surface area contributed by atoms with Crippen molar-refractivity contribution in [3.63, 3.8) is 0 Å². The van der Waals surface area contributed by atoms with E-state index >= 15 is 0 Å². The Balaban J connectivity index is 2.11. The van der Waals surface area contributed by atoms with Gasteiger partial charge in [-0.15, -0.1) is 10.2 Å². The number of ketones is 1. The van der Waals surface area contributed by atoms with E-state index in [0.29, 0.717) is 12.0 Å². The number of carbonyl (C=O) groups is 1. The maximum Gasteiger partial charge on any atom is 0.216 e. The molecule has 20 heavy (non-hydrogen) atoms. The van der Waals surface area contributed by atoms with E-state index in [2.05, 4.69) is 25.9 Å². The predicted octanol–water partition coefficient (Wildman–Crippen LogP) is 1.77. The Kier molecular flexibility index (Phi) is 4.19. The summed E-state index contributed by atoms with van der Waals surface area (Å²) in [7, 11) is 0. The number of tetrazole rings is 1. The summed E-state index contributed by atoms with van der Waals surface area (Å²) in [6.07, 6.45) is 1.96. The van der Waals surface area contributed by atoms with E-state index in [4.69, 9.17) is 5.26 Å². The van der Waals surface area contributed by atoms with Crippen LogP contribution in [0.4, 0.5) is 5.69 Å². The molecule has 1 aromatic heterocycles. The van der Waals surface area contributed by atoms with Gasteiger partial charge in [0.2, 0.25) is 5.82 Å². The molecule has 0 aliphatic heterocycles. The average molecular weight is 268 g/mol. The molecule has 0 radical (unpaired) electrons. The second-order valence-electron chi connectivity index (χ2n) is 3.90. The number of aromatic amines is 1. The highest BCUT2D eigenvalue weighted by atomic mass is 16.1. The maximum absolute atomic E-state index is 11.5. The molecule has 2 N–H and O–H groups in total. The van der Waals surface area contributed by atoms with Crippen molar-refractivity contribution in [1.29, 1.82) is 5.26 Å². The molecular weight excluding hydrogens is 256 g/mol. The summed E-state index contributed by atoms with van der Waals surface area (Å²) in [6, 6.07) is 8.99. The first-order valence-electron chi connectivity index (χ1n) is 5.98. The van der Waals surface area contributed by atoms with Gasteiger partial charge in [0, 0.05) is 23.9 Å². The quantitative estimate of drug-likeness (QED) is 0.632. The zero-order valence-electron chi connectivity index (χ0n) is 10.8. The highest BCUT2D eigenvalue weighted by Crippen LogP contribution is 2.13. The third kappa shape index (κ3) is 3.05. The fraction of sp³-hybridized carbons (Fsp3) is 0.154. The molecule has 0 aliphatic carbocycles. The van der Waals surface area contributed by atoms with Gasteiger partial charge in [-0.1, -0.05) is 6.92 Å². The number of carbonyl (C=O) groups excluding carboxylic acids is 1. The van der Waals surface area contributed by atoms with Gasteiger partial charge in [-0.2, -0.15) is 10.5 Å². The predicted molar refractivity (Wildman–Crippen MR) is 72.5 cm³/mol. The van der Waals surface area contributed by atoms with Gasteiger partial charge in [0.15, 0.2) is 5.78 Å². The highest BCUT2D eigenvalue weighted by molar-refractivity contribution is 5.96. The second-order valence-corrected chi connectivity index (χ2v) is 3.90. The number of nitrogens with zero attached hydrogens (tertiary/aromatic N) is 4. The number of Topliss-reactive ketones (excluding diaryl/α,β-unsaturated/α-hetero) is 1. The van der Waals surface area contributed by atoms with Crippen LogP contribution < -0.4 is 5.32 Å². The van der Waals surface area contributed by atoms with Gasteiger partial charge >= 0.3 is 0 Å². The summed E-state index contributed by atoms with van der Waals surface area (Å²) in [6.45, 7) is 1.82. The Hall–Kier alpha value is -3.01. The van der Waals surface area contributed by atoms with Crippen molar-refractivity contribution in [2.75, 3.05) is 5.32 Å². The molecule has 1 heterocycles. The SMILES string of the molecule is CCC(=O)c1ccc(NC=C(C#N)c2nn[nH]n2)cc1. The van der Waals surface area contributed by atoms with Gasteiger partial charge in [0.25, 0.3) is 0 Å². The van der Waals surface area contributed by atoms with Crippen molar-refractivity contribution in [3.05, 3.63) is 41.9 Å². The van der Waals surface area contributed by atoms with Crippen LogP contribution in [0.15, 0.2) is 30.5 Å². The van der Waals surface area contributed by atoms with Crippen LogP contribution in [-0.4, -0.2) is 26.4 Å². The van der Waals surface area contributed by atoms with Gasteiger partial charge in [0.1, 0.15) is 11.6 Å². The Morgan fingerprint density at radius 3 is 2.75 bits per heavy atom. The lowest BCUT2D eigenvalue weighted by molar-refractivity contribution is 0.0988. The summed E-state index contributed by atoms with van der Waals surface area (Å²) in [5, 5.41) is 25.1. The van der Waals surface area contributed by atoms with Crippen LogP contribution in [0, 0.1) is 11.3 Å². The summed E-state index contributed by atoms with van der Waals surface area (Å²) in [5.74, 6) is 0.314. The van der Waals surface area contributed by atoms with E-state index in [1.54, 1.807) is 24.3 Å². The van der Waals surface area contributed by atoms with Gasteiger partial charge < -0.3 is 5.32 Å². The lowest BCUT2D eigenvalue weighted by atomic mass is 10.1. The van der Waals surface area contributed by atoms with E-state index in [9.17, 15) is 4.79 Å². The third-order valence-corrected chi connectivity index (χ3v) is 2.62. The molecule has 0 fully saturated rings. The van der Waals surface area contributed by atoms with Crippen molar-refractivity contribution in [1.82, 2.24) is 20.6 Å². The van der Waals surface area contributed by atoms with Crippen LogP contribution in [0.3, 0.4) is 0 Å². The van der Waals surface area contributed by atoms with Gasteiger partial charge in [-0.3, -0.25) is 4.79 Å². The molecule has 0 amide bonds. The molecule has 7 nitrogen and oxygen atoms in total. The first-order valence-corrected chi connectivity index (χ1v) is 5.98. The summed E-state index contributed by atoms with van der Waals surface area (Å²) < 4.78 is 0. The van der Waals surface area contributed by atoms with Gasteiger partial charge in [-0.05, 0) is 29.5 Å². The topological polar surface area (TPSA) is 107 Å². The van der Waals surface area contributed by atoms with E-state index in [1.165, 1.54) is 6.20 Å². The van der Waals surface area contributed by atoms with E-state index in [1.807, 2.05) is 13.0 Å². The van der Waals surface area contributed by atoms with Crippen LogP contribution in [-0.2, 0) is 0 Å². The zero-order valence-corrected chi connectivity index (χ0v) is 10.8. The monoisotopic (exact) mass is 268 g/mol. The number of hydrogen-bond acceptors (Lipinski definition) is 6. The number of hydrogen-bond donors (Lipinski definition) is 2.